The summed E-state index contributed by atoms with van der Waals surface area (Å²) in [4.78, 5) is 12.7. The third-order valence-corrected chi connectivity index (χ3v) is 6.87. The molecule has 3 rings (SSSR count). The molecule has 0 atom stereocenters. The number of carbonyl (C=O) groups is 1. The Morgan fingerprint density at radius 3 is 2.62 bits per heavy atom. The maximum absolute atomic E-state index is 12.7. The van der Waals surface area contributed by atoms with Crippen LogP contribution in [0.3, 0.4) is 0 Å². The van der Waals surface area contributed by atoms with Gasteiger partial charge in [0.25, 0.3) is 5.91 Å². The highest BCUT2D eigenvalue weighted by molar-refractivity contribution is 7.89. The number of benzene rings is 2. The van der Waals surface area contributed by atoms with Crippen LogP contribution in [0, 0.1) is 0 Å². The molecule has 156 valence electrons. The second kappa shape index (κ2) is 9.89. The Morgan fingerprint density at radius 1 is 1.10 bits per heavy atom. The molecule has 1 heterocycles. The molecule has 1 aliphatic heterocycles. The molecule has 0 aliphatic carbocycles. The Hall–Kier alpha value is -2.38. The van der Waals surface area contributed by atoms with Gasteiger partial charge in [0.15, 0.2) is 0 Å². The van der Waals surface area contributed by atoms with Crippen molar-refractivity contribution < 1.29 is 17.9 Å². The Morgan fingerprint density at radius 2 is 1.86 bits per heavy atom. The summed E-state index contributed by atoms with van der Waals surface area (Å²) in [5.41, 5.74) is 1.47. The number of nitrogens with one attached hydrogen (secondary N) is 1. The SMILES string of the molecule is CCOc1ccccc1CCCNC(=O)c1cccc(S(=O)(=O)N2CCCC2)c1. The molecule has 1 fully saturated rings. The first kappa shape index (κ1) is 21.3. The summed E-state index contributed by atoms with van der Waals surface area (Å²) in [7, 11) is -3.53. The molecular formula is C22H28N2O4S. The predicted octanol–water partition coefficient (Wildman–Crippen LogP) is 3.23. The lowest BCUT2D eigenvalue weighted by atomic mass is 10.1. The average molecular weight is 417 g/mol. The van der Waals surface area contributed by atoms with E-state index in [2.05, 4.69) is 5.32 Å². The van der Waals surface area contributed by atoms with Gasteiger partial charge in [0.2, 0.25) is 10.0 Å². The van der Waals surface area contributed by atoms with Gasteiger partial charge in [-0.25, -0.2) is 8.42 Å². The largest absolute Gasteiger partial charge is 0.494 e. The van der Waals surface area contributed by atoms with Gasteiger partial charge in [-0.05, 0) is 62.4 Å². The van der Waals surface area contributed by atoms with E-state index in [0.717, 1.165) is 37.0 Å². The van der Waals surface area contributed by atoms with Gasteiger partial charge in [0.05, 0.1) is 11.5 Å². The molecule has 0 aromatic heterocycles. The number of ether oxygens (including phenoxy) is 1. The number of amides is 1. The number of carbonyl (C=O) groups excluding carboxylic acids is 1. The van der Waals surface area contributed by atoms with Crippen LogP contribution in [0.5, 0.6) is 5.75 Å². The number of para-hydroxylation sites is 1. The third-order valence-electron chi connectivity index (χ3n) is 4.98. The van der Waals surface area contributed by atoms with Crippen molar-refractivity contribution in [1.29, 1.82) is 0 Å². The van der Waals surface area contributed by atoms with Gasteiger partial charge in [-0.15, -0.1) is 0 Å². The van der Waals surface area contributed by atoms with Gasteiger partial charge in [-0.2, -0.15) is 4.31 Å². The van der Waals surface area contributed by atoms with E-state index in [1.165, 1.54) is 10.4 Å². The molecule has 0 radical (unpaired) electrons. The monoisotopic (exact) mass is 416 g/mol. The van der Waals surface area contributed by atoms with Gasteiger partial charge in [-0.3, -0.25) is 4.79 Å². The maximum Gasteiger partial charge on any atom is 0.251 e. The minimum atomic E-state index is -3.53. The Labute approximate surface area is 172 Å². The lowest BCUT2D eigenvalue weighted by Crippen LogP contribution is -2.29. The fraction of sp³-hybridized carbons (Fsp3) is 0.409. The number of nitrogens with zero attached hydrogens (tertiary/aromatic N) is 1. The highest BCUT2D eigenvalue weighted by Gasteiger charge is 2.27. The second-order valence-corrected chi connectivity index (χ2v) is 8.98. The van der Waals surface area contributed by atoms with E-state index in [0.29, 0.717) is 31.8 Å². The van der Waals surface area contributed by atoms with E-state index in [1.807, 2.05) is 31.2 Å². The molecule has 0 bridgehead atoms. The average Bonchev–Trinajstić information content (AvgIpc) is 3.28. The molecule has 1 aliphatic rings. The molecule has 7 heteroatoms. The number of sulfonamides is 1. The van der Waals surface area contributed by atoms with E-state index in [4.69, 9.17) is 4.74 Å². The molecule has 0 spiro atoms. The normalized spacial score (nSPS) is 14.7. The summed E-state index contributed by atoms with van der Waals surface area (Å²) in [5.74, 6) is 0.614. The molecule has 1 saturated heterocycles. The Bertz CT molecular complexity index is 937. The molecule has 2 aromatic carbocycles. The number of aryl methyl sites for hydroxylation is 1. The zero-order valence-electron chi connectivity index (χ0n) is 16.8. The molecule has 0 saturated carbocycles. The first-order valence-electron chi connectivity index (χ1n) is 10.1. The minimum Gasteiger partial charge on any atom is -0.494 e. The molecule has 0 unspecified atom stereocenters. The Kier molecular flexibility index (Phi) is 7.28. The highest BCUT2D eigenvalue weighted by Crippen LogP contribution is 2.22. The van der Waals surface area contributed by atoms with Crippen LogP contribution in [0.25, 0.3) is 0 Å². The number of hydrogen-bond donors (Lipinski definition) is 1. The maximum atomic E-state index is 12.7. The first-order chi connectivity index (χ1) is 14.0. The smallest absolute Gasteiger partial charge is 0.251 e. The summed E-state index contributed by atoms with van der Waals surface area (Å²) in [6.45, 7) is 4.16. The van der Waals surface area contributed by atoms with Crippen LogP contribution in [0.4, 0.5) is 0 Å². The van der Waals surface area contributed by atoms with Crippen molar-refractivity contribution >= 4 is 15.9 Å². The summed E-state index contributed by atoms with van der Waals surface area (Å²) in [6.07, 6.45) is 3.32. The van der Waals surface area contributed by atoms with Crippen LogP contribution in [0.2, 0.25) is 0 Å². The fourth-order valence-corrected chi connectivity index (χ4v) is 5.03. The van der Waals surface area contributed by atoms with Crippen molar-refractivity contribution in [1.82, 2.24) is 9.62 Å². The standard InChI is InChI=1S/C22H28N2O4S/c1-2-28-21-13-4-3-9-18(21)11-8-14-23-22(25)19-10-7-12-20(17-19)29(26,27)24-15-5-6-16-24/h3-4,7,9-10,12-13,17H,2,5-6,8,11,14-16H2,1H3,(H,23,25). The van der Waals surface area contributed by atoms with Gasteiger partial charge in [-0.1, -0.05) is 24.3 Å². The van der Waals surface area contributed by atoms with Crippen LogP contribution >= 0.6 is 0 Å². The van der Waals surface area contributed by atoms with Crippen LogP contribution in [-0.2, 0) is 16.4 Å². The van der Waals surface area contributed by atoms with Crippen LogP contribution < -0.4 is 10.1 Å². The third kappa shape index (κ3) is 5.36. The molecule has 6 nitrogen and oxygen atoms in total. The topological polar surface area (TPSA) is 75.7 Å². The summed E-state index contributed by atoms with van der Waals surface area (Å²) < 4.78 is 32.5. The van der Waals surface area contributed by atoms with Crippen LogP contribution in [-0.4, -0.2) is 44.9 Å². The quantitative estimate of drug-likeness (QED) is 0.637. The summed E-state index contributed by atoms with van der Waals surface area (Å²) in [5, 5.41) is 2.88. The van der Waals surface area contributed by atoms with Crippen molar-refractivity contribution in [2.75, 3.05) is 26.2 Å². The van der Waals surface area contributed by atoms with Crippen LogP contribution in [0.15, 0.2) is 53.4 Å². The van der Waals surface area contributed by atoms with E-state index in [9.17, 15) is 13.2 Å². The number of hydrogen-bond acceptors (Lipinski definition) is 4. The molecule has 1 amide bonds. The molecule has 1 N–H and O–H groups in total. The Balaban J connectivity index is 1.56. The zero-order valence-corrected chi connectivity index (χ0v) is 17.6. The van der Waals surface area contributed by atoms with E-state index in [-0.39, 0.29) is 10.8 Å². The second-order valence-electron chi connectivity index (χ2n) is 7.04. The van der Waals surface area contributed by atoms with Gasteiger partial charge >= 0.3 is 0 Å². The van der Waals surface area contributed by atoms with Gasteiger partial charge in [0, 0.05) is 25.2 Å². The first-order valence-corrected chi connectivity index (χ1v) is 11.6. The fourth-order valence-electron chi connectivity index (χ4n) is 3.46. The van der Waals surface area contributed by atoms with Crippen molar-refractivity contribution in [3.05, 3.63) is 59.7 Å². The van der Waals surface area contributed by atoms with Crippen molar-refractivity contribution in [3.63, 3.8) is 0 Å². The molecule has 2 aromatic rings. The predicted molar refractivity (Wildman–Crippen MR) is 113 cm³/mol. The van der Waals surface area contributed by atoms with Crippen molar-refractivity contribution in [2.45, 2.75) is 37.5 Å². The zero-order chi connectivity index (χ0) is 20.7. The molecule has 29 heavy (non-hydrogen) atoms. The van der Waals surface area contributed by atoms with E-state index < -0.39 is 10.0 Å². The number of rotatable bonds is 9. The van der Waals surface area contributed by atoms with Crippen molar-refractivity contribution in [3.8, 4) is 5.75 Å². The summed E-state index contributed by atoms with van der Waals surface area (Å²) >= 11 is 0. The van der Waals surface area contributed by atoms with E-state index in [1.54, 1.807) is 18.2 Å². The van der Waals surface area contributed by atoms with Crippen LogP contribution in [0.1, 0.15) is 42.1 Å². The van der Waals surface area contributed by atoms with Gasteiger partial charge in [0.1, 0.15) is 5.75 Å². The van der Waals surface area contributed by atoms with E-state index >= 15 is 0 Å². The highest BCUT2D eigenvalue weighted by atomic mass is 32.2. The summed E-state index contributed by atoms with van der Waals surface area (Å²) in [6, 6.07) is 14.2. The van der Waals surface area contributed by atoms with Gasteiger partial charge < -0.3 is 10.1 Å². The lowest BCUT2D eigenvalue weighted by Gasteiger charge is -2.16. The lowest BCUT2D eigenvalue weighted by molar-refractivity contribution is 0.0953. The molecular weight excluding hydrogens is 388 g/mol. The van der Waals surface area contributed by atoms with Crippen molar-refractivity contribution in [2.24, 2.45) is 0 Å². The minimum absolute atomic E-state index is 0.178.